The Hall–Kier alpha value is -1.49. The van der Waals surface area contributed by atoms with Gasteiger partial charge < -0.3 is 4.74 Å². The highest BCUT2D eigenvalue weighted by atomic mass is 16.5. The molecule has 1 atom stereocenters. The first-order valence-corrected chi connectivity index (χ1v) is 4.94. The lowest BCUT2D eigenvalue weighted by Crippen LogP contribution is -1.96. The molecular formula is C12H13NO. The summed E-state index contributed by atoms with van der Waals surface area (Å²) < 4.78 is 5.42. The minimum Gasteiger partial charge on any atom is -0.493 e. The standard InChI is InChI=1S/C12H13NO/c1-9(8-13)6-10-2-3-12-11(7-10)4-5-14-12/h2-3,7,9H,4-6H2,1H3/t9-/m0/s1. The van der Waals surface area contributed by atoms with Crippen molar-refractivity contribution in [2.75, 3.05) is 6.61 Å². The van der Waals surface area contributed by atoms with E-state index in [1.807, 2.05) is 13.0 Å². The molecule has 0 saturated heterocycles. The van der Waals surface area contributed by atoms with Crippen LogP contribution in [0.15, 0.2) is 18.2 Å². The Labute approximate surface area is 84.1 Å². The minimum atomic E-state index is 0.0929. The van der Waals surface area contributed by atoms with Gasteiger partial charge in [-0.1, -0.05) is 12.1 Å². The highest BCUT2D eigenvalue weighted by Crippen LogP contribution is 2.26. The summed E-state index contributed by atoms with van der Waals surface area (Å²) in [6.45, 7) is 2.75. The predicted octanol–water partition coefficient (Wildman–Crippen LogP) is 2.32. The molecule has 0 aliphatic carbocycles. The molecule has 0 saturated carbocycles. The maximum Gasteiger partial charge on any atom is 0.122 e. The third-order valence-electron chi connectivity index (χ3n) is 2.52. The van der Waals surface area contributed by atoms with Gasteiger partial charge in [-0.25, -0.2) is 0 Å². The molecule has 0 amide bonds. The Morgan fingerprint density at radius 2 is 2.43 bits per heavy atom. The second kappa shape index (κ2) is 3.71. The minimum absolute atomic E-state index is 0.0929. The van der Waals surface area contributed by atoms with Gasteiger partial charge in [0.1, 0.15) is 5.75 Å². The van der Waals surface area contributed by atoms with E-state index in [0.717, 1.165) is 25.2 Å². The van der Waals surface area contributed by atoms with Crippen LogP contribution in [0.1, 0.15) is 18.1 Å². The van der Waals surface area contributed by atoms with E-state index in [1.165, 1.54) is 11.1 Å². The quantitative estimate of drug-likeness (QED) is 0.711. The molecule has 2 heteroatoms. The highest BCUT2D eigenvalue weighted by Gasteiger charge is 2.12. The molecule has 2 nitrogen and oxygen atoms in total. The fourth-order valence-electron chi connectivity index (χ4n) is 1.77. The van der Waals surface area contributed by atoms with Crippen molar-refractivity contribution in [2.45, 2.75) is 19.8 Å². The molecule has 0 radical (unpaired) electrons. The number of fused-ring (bicyclic) bond motifs is 1. The summed E-state index contributed by atoms with van der Waals surface area (Å²) in [4.78, 5) is 0. The van der Waals surface area contributed by atoms with E-state index in [-0.39, 0.29) is 5.92 Å². The molecule has 0 bridgehead atoms. The van der Waals surface area contributed by atoms with E-state index in [9.17, 15) is 0 Å². The molecule has 1 aliphatic heterocycles. The maximum atomic E-state index is 8.71. The SMILES string of the molecule is C[C@H](C#N)Cc1ccc2c(c1)CCO2. The van der Waals surface area contributed by atoms with Crippen LogP contribution in [0, 0.1) is 17.2 Å². The first kappa shape index (κ1) is 9.08. The van der Waals surface area contributed by atoms with Crippen molar-refractivity contribution in [2.24, 2.45) is 5.92 Å². The maximum absolute atomic E-state index is 8.71. The first-order chi connectivity index (χ1) is 6.79. The molecule has 1 aromatic carbocycles. The van der Waals surface area contributed by atoms with Crippen LogP contribution < -0.4 is 4.74 Å². The summed E-state index contributed by atoms with van der Waals surface area (Å²) in [6, 6.07) is 8.48. The lowest BCUT2D eigenvalue weighted by atomic mass is 10.00. The lowest BCUT2D eigenvalue weighted by Gasteiger charge is -2.04. The Balaban J connectivity index is 2.17. The van der Waals surface area contributed by atoms with E-state index in [1.54, 1.807) is 0 Å². The molecule has 0 spiro atoms. The average molecular weight is 187 g/mol. The van der Waals surface area contributed by atoms with Crippen molar-refractivity contribution in [1.29, 1.82) is 5.26 Å². The summed E-state index contributed by atoms with van der Waals surface area (Å²) in [5.41, 5.74) is 2.52. The molecule has 0 aromatic heterocycles. The monoisotopic (exact) mass is 187 g/mol. The largest absolute Gasteiger partial charge is 0.493 e. The van der Waals surface area contributed by atoms with Crippen molar-refractivity contribution < 1.29 is 4.74 Å². The van der Waals surface area contributed by atoms with Gasteiger partial charge in [0.15, 0.2) is 0 Å². The van der Waals surface area contributed by atoms with Gasteiger partial charge in [0.05, 0.1) is 12.7 Å². The number of rotatable bonds is 2. The van der Waals surface area contributed by atoms with Crippen LogP contribution in [0.25, 0.3) is 0 Å². The van der Waals surface area contributed by atoms with E-state index < -0.39 is 0 Å². The molecule has 0 unspecified atom stereocenters. The van der Waals surface area contributed by atoms with Gasteiger partial charge in [-0.2, -0.15) is 5.26 Å². The zero-order valence-corrected chi connectivity index (χ0v) is 8.29. The second-order valence-electron chi connectivity index (χ2n) is 3.77. The fourth-order valence-corrected chi connectivity index (χ4v) is 1.77. The van der Waals surface area contributed by atoms with Crippen LogP contribution in [-0.4, -0.2) is 6.61 Å². The summed E-state index contributed by atoms with van der Waals surface area (Å²) in [7, 11) is 0. The van der Waals surface area contributed by atoms with Crippen LogP contribution in [0.4, 0.5) is 0 Å². The van der Waals surface area contributed by atoms with Gasteiger partial charge in [0.2, 0.25) is 0 Å². The Bertz CT molecular complexity index is 378. The van der Waals surface area contributed by atoms with E-state index >= 15 is 0 Å². The number of nitrogens with zero attached hydrogens (tertiary/aromatic N) is 1. The first-order valence-electron chi connectivity index (χ1n) is 4.94. The molecule has 0 N–H and O–H groups in total. The highest BCUT2D eigenvalue weighted by molar-refractivity contribution is 5.40. The molecule has 1 heterocycles. The van der Waals surface area contributed by atoms with Crippen LogP contribution in [0.5, 0.6) is 5.75 Å². The number of ether oxygens (including phenoxy) is 1. The van der Waals surface area contributed by atoms with Gasteiger partial charge in [0.25, 0.3) is 0 Å². The summed E-state index contributed by atoms with van der Waals surface area (Å²) >= 11 is 0. The summed E-state index contributed by atoms with van der Waals surface area (Å²) in [6.07, 6.45) is 1.84. The predicted molar refractivity (Wildman–Crippen MR) is 54.1 cm³/mol. The van der Waals surface area contributed by atoms with Gasteiger partial charge >= 0.3 is 0 Å². The second-order valence-corrected chi connectivity index (χ2v) is 3.77. The lowest BCUT2D eigenvalue weighted by molar-refractivity contribution is 0.357. The number of hydrogen-bond donors (Lipinski definition) is 0. The van der Waals surface area contributed by atoms with Crippen molar-refractivity contribution in [3.05, 3.63) is 29.3 Å². The molecule has 14 heavy (non-hydrogen) atoms. The van der Waals surface area contributed by atoms with Crippen LogP contribution in [0.3, 0.4) is 0 Å². The van der Waals surface area contributed by atoms with Crippen molar-refractivity contribution in [1.82, 2.24) is 0 Å². The Kier molecular flexibility index (Phi) is 2.41. The zero-order valence-electron chi connectivity index (χ0n) is 8.29. The third kappa shape index (κ3) is 1.72. The van der Waals surface area contributed by atoms with Gasteiger partial charge in [0, 0.05) is 12.3 Å². The van der Waals surface area contributed by atoms with Crippen molar-refractivity contribution in [3.63, 3.8) is 0 Å². The Morgan fingerprint density at radius 1 is 1.57 bits per heavy atom. The van der Waals surface area contributed by atoms with Gasteiger partial charge in [-0.15, -0.1) is 0 Å². The smallest absolute Gasteiger partial charge is 0.122 e. The van der Waals surface area contributed by atoms with E-state index in [4.69, 9.17) is 10.00 Å². The molecule has 1 aliphatic rings. The molecule has 1 aromatic rings. The third-order valence-corrected chi connectivity index (χ3v) is 2.52. The molecule has 72 valence electrons. The normalized spacial score (nSPS) is 15.4. The number of nitriles is 1. The Morgan fingerprint density at radius 3 is 3.21 bits per heavy atom. The molecule has 2 rings (SSSR count). The van der Waals surface area contributed by atoms with Crippen LogP contribution in [0.2, 0.25) is 0 Å². The summed E-state index contributed by atoms with van der Waals surface area (Å²) in [5, 5.41) is 8.71. The zero-order chi connectivity index (χ0) is 9.97. The average Bonchev–Trinajstić information content (AvgIpc) is 2.64. The fraction of sp³-hybridized carbons (Fsp3) is 0.417. The summed E-state index contributed by atoms with van der Waals surface area (Å²) in [5.74, 6) is 1.11. The molecular weight excluding hydrogens is 174 g/mol. The van der Waals surface area contributed by atoms with Gasteiger partial charge in [-0.05, 0) is 30.5 Å². The van der Waals surface area contributed by atoms with Crippen molar-refractivity contribution >= 4 is 0 Å². The van der Waals surface area contributed by atoms with Gasteiger partial charge in [-0.3, -0.25) is 0 Å². The van der Waals surface area contributed by atoms with E-state index in [0.29, 0.717) is 0 Å². The number of hydrogen-bond acceptors (Lipinski definition) is 2. The van der Waals surface area contributed by atoms with Crippen LogP contribution in [-0.2, 0) is 12.8 Å². The van der Waals surface area contributed by atoms with Crippen LogP contribution >= 0.6 is 0 Å². The number of benzene rings is 1. The van der Waals surface area contributed by atoms with Crippen molar-refractivity contribution in [3.8, 4) is 11.8 Å². The topological polar surface area (TPSA) is 33.0 Å². The van der Waals surface area contributed by atoms with E-state index in [2.05, 4.69) is 18.2 Å². The molecule has 0 fully saturated rings.